The van der Waals surface area contributed by atoms with E-state index in [-0.39, 0.29) is 5.75 Å². The number of nitrogens with zero attached hydrogens (tertiary/aromatic N) is 1. The van der Waals surface area contributed by atoms with Crippen LogP contribution in [0.15, 0.2) is 18.2 Å². The second-order valence-electron chi connectivity index (χ2n) is 2.43. The summed E-state index contributed by atoms with van der Waals surface area (Å²) < 4.78 is 0.851. The minimum atomic E-state index is 0.203. The second kappa shape index (κ2) is 3.02. The van der Waals surface area contributed by atoms with Crippen LogP contribution < -0.4 is 5.32 Å². The number of carbonyl (C=O) groups excluding carboxylic acids is 1. The Kier molecular flexibility index (Phi) is 1.86. The van der Waals surface area contributed by atoms with Crippen molar-refractivity contribution in [3.8, 4) is 5.75 Å². The Morgan fingerprint density at radius 3 is 3.15 bits per heavy atom. The maximum atomic E-state index is 10.1. The Morgan fingerprint density at radius 1 is 1.54 bits per heavy atom. The molecule has 5 heteroatoms. The Hall–Kier alpha value is -1.62. The van der Waals surface area contributed by atoms with Crippen LogP contribution in [0, 0.1) is 0 Å². The molecule has 1 amide bonds. The first-order valence-corrected chi connectivity index (χ1v) is 4.41. The van der Waals surface area contributed by atoms with Crippen molar-refractivity contribution in [3.05, 3.63) is 18.2 Å². The third-order valence-corrected chi connectivity index (χ3v) is 2.50. The van der Waals surface area contributed by atoms with Crippen LogP contribution in [0.25, 0.3) is 10.2 Å². The lowest BCUT2D eigenvalue weighted by atomic mass is 10.3. The van der Waals surface area contributed by atoms with Gasteiger partial charge >= 0.3 is 0 Å². The number of amides is 1. The molecule has 0 aliphatic rings. The summed E-state index contributed by atoms with van der Waals surface area (Å²) in [6.07, 6.45) is 0.581. The number of rotatable bonds is 2. The van der Waals surface area contributed by atoms with E-state index in [4.69, 9.17) is 5.11 Å². The van der Waals surface area contributed by atoms with Crippen molar-refractivity contribution in [2.45, 2.75) is 0 Å². The van der Waals surface area contributed by atoms with Crippen LogP contribution in [-0.2, 0) is 4.79 Å². The molecule has 0 bridgehead atoms. The number of carbonyl (C=O) groups is 1. The molecule has 0 saturated heterocycles. The summed E-state index contributed by atoms with van der Waals surface area (Å²) in [5.74, 6) is 0.203. The molecule has 66 valence electrons. The first-order chi connectivity index (χ1) is 6.29. The predicted octanol–water partition coefficient (Wildman–Crippen LogP) is 1.57. The summed E-state index contributed by atoms with van der Waals surface area (Å²) in [7, 11) is 0. The molecule has 2 rings (SSSR count). The standard InChI is InChI=1S/C8H6N2O2S/c11-4-9-8-10-6-2-1-5(12)3-7(6)13-8/h1-4,12H,(H,9,10,11). The zero-order valence-corrected chi connectivity index (χ0v) is 7.34. The molecule has 1 aromatic heterocycles. The molecule has 1 heterocycles. The van der Waals surface area contributed by atoms with Crippen LogP contribution in [-0.4, -0.2) is 16.5 Å². The number of anilines is 1. The number of phenols is 1. The van der Waals surface area contributed by atoms with Crippen LogP contribution in [0.4, 0.5) is 5.13 Å². The first-order valence-electron chi connectivity index (χ1n) is 3.59. The minimum Gasteiger partial charge on any atom is -0.508 e. The van der Waals surface area contributed by atoms with Gasteiger partial charge in [-0.2, -0.15) is 0 Å². The molecular formula is C8H6N2O2S. The predicted molar refractivity (Wildman–Crippen MR) is 51.0 cm³/mol. The SMILES string of the molecule is O=CNc1nc2ccc(O)cc2s1. The molecule has 4 nitrogen and oxygen atoms in total. The van der Waals surface area contributed by atoms with Gasteiger partial charge in [-0.15, -0.1) is 0 Å². The number of benzene rings is 1. The molecule has 0 aliphatic heterocycles. The summed E-state index contributed by atoms with van der Waals surface area (Å²) in [6.45, 7) is 0. The smallest absolute Gasteiger partial charge is 0.213 e. The van der Waals surface area contributed by atoms with Crippen molar-refractivity contribution in [2.24, 2.45) is 0 Å². The third kappa shape index (κ3) is 1.46. The van der Waals surface area contributed by atoms with Crippen LogP contribution in [0.1, 0.15) is 0 Å². The van der Waals surface area contributed by atoms with E-state index in [1.807, 2.05) is 0 Å². The van der Waals surface area contributed by atoms with Gasteiger partial charge in [-0.05, 0) is 18.2 Å². The van der Waals surface area contributed by atoms with Crippen LogP contribution >= 0.6 is 11.3 Å². The average Bonchev–Trinajstić information content (AvgIpc) is 2.46. The Morgan fingerprint density at radius 2 is 2.38 bits per heavy atom. The number of hydrogen-bond acceptors (Lipinski definition) is 4. The third-order valence-electron chi connectivity index (χ3n) is 1.55. The number of phenolic OH excluding ortho intramolecular Hbond substituents is 1. The van der Waals surface area contributed by atoms with Crippen LogP contribution in [0.2, 0.25) is 0 Å². The molecule has 2 aromatic rings. The molecule has 1 aromatic carbocycles. The quantitative estimate of drug-likeness (QED) is 0.713. The molecule has 0 spiro atoms. The maximum absolute atomic E-state index is 10.1. The molecule has 13 heavy (non-hydrogen) atoms. The molecule has 0 aliphatic carbocycles. The second-order valence-corrected chi connectivity index (χ2v) is 3.46. The maximum Gasteiger partial charge on any atom is 0.213 e. The van der Waals surface area contributed by atoms with E-state index in [0.717, 1.165) is 10.2 Å². The molecule has 2 N–H and O–H groups in total. The van der Waals surface area contributed by atoms with Gasteiger partial charge in [0.1, 0.15) is 5.75 Å². The number of aromatic hydroxyl groups is 1. The summed E-state index contributed by atoms with van der Waals surface area (Å²) in [4.78, 5) is 14.2. The van der Waals surface area contributed by atoms with E-state index in [1.54, 1.807) is 18.2 Å². The fourth-order valence-electron chi connectivity index (χ4n) is 1.03. The summed E-state index contributed by atoms with van der Waals surface area (Å²) in [5, 5.41) is 12.2. The number of aromatic nitrogens is 1. The lowest BCUT2D eigenvalue weighted by Crippen LogP contribution is -1.91. The highest BCUT2D eigenvalue weighted by Crippen LogP contribution is 2.28. The van der Waals surface area contributed by atoms with Gasteiger partial charge < -0.3 is 10.4 Å². The highest BCUT2D eigenvalue weighted by Gasteiger charge is 2.02. The lowest BCUT2D eigenvalue weighted by Gasteiger charge is -1.87. The van der Waals surface area contributed by atoms with E-state index in [9.17, 15) is 4.79 Å². The van der Waals surface area contributed by atoms with E-state index in [2.05, 4.69) is 10.3 Å². The summed E-state index contributed by atoms with van der Waals surface area (Å²) in [5.41, 5.74) is 0.771. The van der Waals surface area contributed by atoms with Gasteiger partial charge in [0.25, 0.3) is 0 Å². The molecule has 0 saturated carbocycles. The van der Waals surface area contributed by atoms with Gasteiger partial charge in [0, 0.05) is 0 Å². The minimum absolute atomic E-state index is 0.203. The highest BCUT2D eigenvalue weighted by atomic mass is 32.1. The zero-order chi connectivity index (χ0) is 9.26. The van der Waals surface area contributed by atoms with Crippen molar-refractivity contribution in [2.75, 3.05) is 5.32 Å². The van der Waals surface area contributed by atoms with E-state index >= 15 is 0 Å². The molecule has 0 atom stereocenters. The van der Waals surface area contributed by atoms with Crippen LogP contribution in [0.5, 0.6) is 5.75 Å². The lowest BCUT2D eigenvalue weighted by molar-refractivity contribution is -0.105. The topological polar surface area (TPSA) is 62.2 Å². The van der Waals surface area contributed by atoms with Crippen molar-refractivity contribution < 1.29 is 9.90 Å². The molecule has 0 radical (unpaired) electrons. The Labute approximate surface area is 77.8 Å². The fraction of sp³-hybridized carbons (Fsp3) is 0. The number of thiazole rings is 1. The fourth-order valence-corrected chi connectivity index (χ4v) is 1.88. The van der Waals surface area contributed by atoms with Crippen molar-refractivity contribution in [3.63, 3.8) is 0 Å². The molecule has 0 unspecified atom stereocenters. The van der Waals surface area contributed by atoms with Gasteiger partial charge in [0.2, 0.25) is 6.41 Å². The van der Waals surface area contributed by atoms with E-state index in [0.29, 0.717) is 11.5 Å². The van der Waals surface area contributed by atoms with Crippen molar-refractivity contribution >= 4 is 33.1 Å². The summed E-state index contributed by atoms with van der Waals surface area (Å²) in [6, 6.07) is 4.88. The van der Waals surface area contributed by atoms with Gasteiger partial charge in [-0.25, -0.2) is 4.98 Å². The van der Waals surface area contributed by atoms with Gasteiger partial charge in [0.15, 0.2) is 5.13 Å². The van der Waals surface area contributed by atoms with E-state index in [1.165, 1.54) is 11.3 Å². The van der Waals surface area contributed by atoms with Crippen molar-refractivity contribution in [1.29, 1.82) is 0 Å². The highest BCUT2D eigenvalue weighted by molar-refractivity contribution is 7.22. The van der Waals surface area contributed by atoms with Crippen molar-refractivity contribution in [1.82, 2.24) is 4.98 Å². The van der Waals surface area contributed by atoms with Gasteiger partial charge in [-0.3, -0.25) is 4.79 Å². The van der Waals surface area contributed by atoms with Crippen LogP contribution in [0.3, 0.4) is 0 Å². The van der Waals surface area contributed by atoms with Gasteiger partial charge in [0.05, 0.1) is 10.2 Å². The average molecular weight is 194 g/mol. The Bertz CT molecular complexity index is 452. The molecular weight excluding hydrogens is 188 g/mol. The summed E-state index contributed by atoms with van der Waals surface area (Å²) >= 11 is 1.32. The number of fused-ring (bicyclic) bond motifs is 1. The molecule has 0 fully saturated rings. The monoisotopic (exact) mass is 194 g/mol. The Balaban J connectivity index is 2.55. The van der Waals surface area contributed by atoms with E-state index < -0.39 is 0 Å². The number of hydrogen-bond donors (Lipinski definition) is 2. The largest absolute Gasteiger partial charge is 0.508 e. The first kappa shape index (κ1) is 8.00. The normalized spacial score (nSPS) is 10.2. The van der Waals surface area contributed by atoms with Gasteiger partial charge in [-0.1, -0.05) is 11.3 Å². The number of nitrogens with one attached hydrogen (secondary N) is 1. The zero-order valence-electron chi connectivity index (χ0n) is 6.52.